The molecule has 5 heteroatoms. The van der Waals surface area contributed by atoms with E-state index in [9.17, 15) is 9.59 Å². The van der Waals surface area contributed by atoms with Crippen LogP contribution in [-0.2, 0) is 11.3 Å². The van der Waals surface area contributed by atoms with E-state index in [1.54, 1.807) is 4.90 Å². The number of para-hydroxylation sites is 1. The van der Waals surface area contributed by atoms with Crippen LogP contribution in [0.15, 0.2) is 48.5 Å². The Labute approximate surface area is 183 Å². The number of nitrogens with zero attached hydrogens (tertiary/aromatic N) is 2. The minimum Gasteiger partial charge on any atom is -0.351 e. The van der Waals surface area contributed by atoms with E-state index in [0.717, 1.165) is 53.4 Å². The molecule has 1 fully saturated rings. The first-order chi connectivity index (χ1) is 14.9. The molecule has 2 aromatic carbocycles. The number of carbonyl (C=O) groups is 2. The van der Waals surface area contributed by atoms with Gasteiger partial charge in [0.05, 0.1) is 6.54 Å². The Morgan fingerprint density at radius 1 is 1.06 bits per heavy atom. The Kier molecular flexibility index (Phi) is 4.65. The van der Waals surface area contributed by atoms with Crippen molar-refractivity contribution in [3.05, 3.63) is 65.4 Å². The highest BCUT2D eigenvalue weighted by Crippen LogP contribution is 2.38. The van der Waals surface area contributed by atoms with Gasteiger partial charge in [0.25, 0.3) is 5.91 Å². The normalized spacial score (nSPS) is 21.5. The topological polar surface area (TPSA) is 54.3 Å². The lowest BCUT2D eigenvalue weighted by atomic mass is 9.92. The molecule has 1 aliphatic carbocycles. The van der Waals surface area contributed by atoms with Crippen LogP contribution < -0.4 is 10.2 Å². The van der Waals surface area contributed by atoms with Crippen molar-refractivity contribution in [1.82, 2.24) is 9.88 Å². The smallest absolute Gasteiger partial charge is 0.275 e. The summed E-state index contributed by atoms with van der Waals surface area (Å²) in [7, 11) is 0. The summed E-state index contributed by atoms with van der Waals surface area (Å²) >= 11 is 0. The largest absolute Gasteiger partial charge is 0.351 e. The van der Waals surface area contributed by atoms with Gasteiger partial charge < -0.3 is 9.88 Å². The van der Waals surface area contributed by atoms with Gasteiger partial charge in [-0.3, -0.25) is 14.5 Å². The number of anilines is 1. The Bertz CT molecular complexity index is 1190. The van der Waals surface area contributed by atoms with E-state index in [1.165, 1.54) is 0 Å². The van der Waals surface area contributed by atoms with Crippen molar-refractivity contribution >= 4 is 28.4 Å². The van der Waals surface area contributed by atoms with Gasteiger partial charge in [0.2, 0.25) is 5.91 Å². The van der Waals surface area contributed by atoms with Crippen molar-refractivity contribution in [2.75, 3.05) is 4.90 Å². The molecule has 1 N–H and O–H groups in total. The number of fused-ring (bicyclic) bond motifs is 3. The van der Waals surface area contributed by atoms with Crippen LogP contribution in [0.3, 0.4) is 0 Å². The highest BCUT2D eigenvalue weighted by molar-refractivity contribution is 6.14. The van der Waals surface area contributed by atoms with Gasteiger partial charge in [-0.15, -0.1) is 0 Å². The zero-order valence-electron chi connectivity index (χ0n) is 18.4. The monoisotopic (exact) mass is 415 g/mol. The lowest BCUT2D eigenvalue weighted by Gasteiger charge is -2.45. The molecule has 3 aromatic rings. The molecule has 0 unspecified atom stereocenters. The summed E-state index contributed by atoms with van der Waals surface area (Å²) in [5.41, 5.74) is 3.47. The van der Waals surface area contributed by atoms with Gasteiger partial charge in [0, 0.05) is 22.6 Å². The van der Waals surface area contributed by atoms with Gasteiger partial charge in [-0.1, -0.05) is 43.2 Å². The second-order valence-corrected chi connectivity index (χ2v) is 9.33. The van der Waals surface area contributed by atoms with Crippen LogP contribution in [0, 0.1) is 13.8 Å². The van der Waals surface area contributed by atoms with Crippen LogP contribution >= 0.6 is 0 Å². The molecular weight excluding hydrogens is 386 g/mol. The van der Waals surface area contributed by atoms with Gasteiger partial charge in [0.15, 0.2) is 0 Å². The van der Waals surface area contributed by atoms with Crippen molar-refractivity contribution in [2.45, 2.75) is 64.6 Å². The summed E-state index contributed by atoms with van der Waals surface area (Å²) < 4.78 is 2.02. The van der Waals surface area contributed by atoms with E-state index in [1.807, 2.05) is 73.9 Å². The number of aryl methyl sites for hydroxylation is 2. The van der Waals surface area contributed by atoms with Gasteiger partial charge >= 0.3 is 0 Å². The molecule has 160 valence electrons. The number of benzene rings is 2. The SMILES string of the molecule is Cc1ccc(C)c(N2C(=O)c3cc4ccccc4n3C[C@@]2(C)C(=O)NC2CCCC2)c1. The zero-order chi connectivity index (χ0) is 21.8. The number of hydrogen-bond acceptors (Lipinski definition) is 2. The van der Waals surface area contributed by atoms with Crippen molar-refractivity contribution < 1.29 is 9.59 Å². The van der Waals surface area contributed by atoms with Gasteiger partial charge in [-0.2, -0.15) is 0 Å². The maximum Gasteiger partial charge on any atom is 0.275 e. The van der Waals surface area contributed by atoms with Crippen LogP contribution in [0.25, 0.3) is 10.9 Å². The first kappa shape index (κ1) is 19.9. The van der Waals surface area contributed by atoms with E-state index in [-0.39, 0.29) is 17.9 Å². The first-order valence-electron chi connectivity index (χ1n) is 11.2. The number of aromatic nitrogens is 1. The molecule has 0 saturated heterocycles. The molecule has 0 spiro atoms. The molecular formula is C26H29N3O2. The number of nitrogens with one attached hydrogen (secondary N) is 1. The van der Waals surface area contributed by atoms with Crippen molar-refractivity contribution in [3.8, 4) is 0 Å². The van der Waals surface area contributed by atoms with Gasteiger partial charge in [-0.25, -0.2) is 0 Å². The van der Waals surface area contributed by atoms with Gasteiger partial charge in [-0.05, 0) is 62.9 Å². The molecule has 5 nitrogen and oxygen atoms in total. The molecule has 1 saturated carbocycles. The van der Waals surface area contributed by atoms with Crippen LogP contribution in [0.1, 0.15) is 54.2 Å². The molecule has 1 aromatic heterocycles. The molecule has 1 aliphatic heterocycles. The molecule has 2 amide bonds. The predicted molar refractivity (Wildman–Crippen MR) is 123 cm³/mol. The Morgan fingerprint density at radius 2 is 1.81 bits per heavy atom. The van der Waals surface area contributed by atoms with Gasteiger partial charge in [0.1, 0.15) is 11.2 Å². The minimum absolute atomic E-state index is 0.0721. The van der Waals surface area contributed by atoms with Crippen LogP contribution in [0.5, 0.6) is 0 Å². The van der Waals surface area contributed by atoms with Crippen molar-refractivity contribution in [2.24, 2.45) is 0 Å². The molecule has 1 atom stereocenters. The molecule has 5 rings (SSSR count). The summed E-state index contributed by atoms with van der Waals surface area (Å²) in [6.45, 7) is 6.36. The summed E-state index contributed by atoms with van der Waals surface area (Å²) in [5.74, 6) is -0.197. The third-order valence-electron chi connectivity index (χ3n) is 6.98. The van der Waals surface area contributed by atoms with Crippen LogP contribution in [-0.4, -0.2) is 28.0 Å². The minimum atomic E-state index is -1.02. The average Bonchev–Trinajstić information content (AvgIpc) is 3.38. The van der Waals surface area contributed by atoms with E-state index in [0.29, 0.717) is 12.2 Å². The van der Waals surface area contributed by atoms with Crippen LogP contribution in [0.4, 0.5) is 5.69 Å². The number of rotatable bonds is 3. The van der Waals surface area contributed by atoms with E-state index >= 15 is 0 Å². The fourth-order valence-corrected chi connectivity index (χ4v) is 5.20. The fourth-order valence-electron chi connectivity index (χ4n) is 5.20. The van der Waals surface area contributed by atoms with Crippen LogP contribution in [0.2, 0.25) is 0 Å². The fraction of sp³-hybridized carbons (Fsp3) is 0.385. The third-order valence-corrected chi connectivity index (χ3v) is 6.98. The Morgan fingerprint density at radius 3 is 2.58 bits per heavy atom. The molecule has 2 heterocycles. The highest BCUT2D eigenvalue weighted by Gasteiger charge is 2.49. The standard InChI is InChI=1S/C26H29N3O2/c1-17-12-13-18(2)22(14-17)29-24(30)23-15-19-8-4-7-11-21(19)28(23)16-26(29,3)25(31)27-20-9-5-6-10-20/h4,7-8,11-15,20H,5-6,9-10,16H2,1-3H3,(H,27,31)/t26-/m0/s1. The quantitative estimate of drug-likeness (QED) is 0.672. The highest BCUT2D eigenvalue weighted by atomic mass is 16.2. The average molecular weight is 416 g/mol. The van der Waals surface area contributed by atoms with E-state index in [2.05, 4.69) is 5.32 Å². The second kappa shape index (κ2) is 7.26. The summed E-state index contributed by atoms with van der Waals surface area (Å²) in [6, 6.07) is 16.2. The van der Waals surface area contributed by atoms with E-state index < -0.39 is 5.54 Å². The number of hydrogen-bond donors (Lipinski definition) is 1. The number of amides is 2. The Hall–Kier alpha value is -3.08. The maximum atomic E-state index is 13.9. The van der Waals surface area contributed by atoms with Crippen molar-refractivity contribution in [3.63, 3.8) is 0 Å². The summed E-state index contributed by atoms with van der Waals surface area (Å²) in [6.07, 6.45) is 4.31. The van der Waals surface area contributed by atoms with Crippen molar-refractivity contribution in [1.29, 1.82) is 0 Å². The summed E-state index contributed by atoms with van der Waals surface area (Å²) in [4.78, 5) is 29.4. The maximum absolute atomic E-state index is 13.9. The third kappa shape index (κ3) is 3.14. The second-order valence-electron chi connectivity index (χ2n) is 9.33. The predicted octanol–water partition coefficient (Wildman–Crippen LogP) is 4.74. The lowest BCUT2D eigenvalue weighted by molar-refractivity contribution is -0.127. The zero-order valence-corrected chi connectivity index (χ0v) is 18.4. The number of carbonyl (C=O) groups excluding carboxylic acids is 2. The molecule has 31 heavy (non-hydrogen) atoms. The Balaban J connectivity index is 1.67. The molecule has 2 aliphatic rings. The summed E-state index contributed by atoms with van der Waals surface area (Å²) in [5, 5.41) is 4.29. The van der Waals surface area contributed by atoms with E-state index in [4.69, 9.17) is 0 Å². The first-order valence-corrected chi connectivity index (χ1v) is 11.2. The lowest BCUT2D eigenvalue weighted by Crippen LogP contribution is -2.65. The molecule has 0 radical (unpaired) electrons. The molecule has 0 bridgehead atoms.